The summed E-state index contributed by atoms with van der Waals surface area (Å²) in [5, 5.41) is 2.81. The molecule has 36 heavy (non-hydrogen) atoms. The van der Waals surface area contributed by atoms with E-state index in [-0.39, 0.29) is 34.2 Å². The van der Waals surface area contributed by atoms with E-state index in [1.165, 1.54) is 18.6 Å². The van der Waals surface area contributed by atoms with Gasteiger partial charge in [-0.05, 0) is 67.9 Å². The number of alkyl halides is 3. The van der Waals surface area contributed by atoms with Crippen molar-refractivity contribution in [3.05, 3.63) is 21.9 Å². The fourth-order valence-electron chi connectivity index (χ4n) is 6.76. The lowest BCUT2D eigenvalue weighted by atomic mass is 9.51. The molecule has 0 aromatic carbocycles. The lowest BCUT2D eigenvalue weighted by Crippen LogP contribution is -2.59. The van der Waals surface area contributed by atoms with Crippen molar-refractivity contribution in [3.8, 4) is 0 Å². The second-order valence-corrected chi connectivity index (χ2v) is 11.5. The van der Waals surface area contributed by atoms with Crippen LogP contribution in [0.2, 0.25) is 0 Å². The number of nitrogens with zero attached hydrogens (tertiary/aromatic N) is 2. The van der Waals surface area contributed by atoms with E-state index in [1.54, 1.807) is 0 Å². The number of amides is 3. The molecule has 8 nitrogen and oxygen atoms in total. The average molecular weight is 527 g/mol. The SMILES string of the molecule is NC(=NC(=O)C(F)(F)F)c1ccc(C(=O)NCC2COCCN2C(=O)C2C3CC4CC(C3)CC2C4)s1. The van der Waals surface area contributed by atoms with Crippen LogP contribution in [0.15, 0.2) is 17.1 Å². The number of ether oxygens (including phenoxy) is 1. The molecule has 1 saturated heterocycles. The Kier molecular flexibility index (Phi) is 6.84. The normalized spacial score (nSPS) is 32.0. The molecule has 4 bridgehead atoms. The molecule has 1 aromatic rings. The minimum atomic E-state index is -5.12. The third-order valence-electron chi connectivity index (χ3n) is 8.07. The largest absolute Gasteiger partial charge is 0.473 e. The predicted octanol–water partition coefficient (Wildman–Crippen LogP) is 2.57. The zero-order valence-electron chi connectivity index (χ0n) is 19.6. The van der Waals surface area contributed by atoms with Gasteiger partial charge < -0.3 is 20.7 Å². The molecule has 2 heterocycles. The highest BCUT2D eigenvalue weighted by Crippen LogP contribution is 2.57. The van der Waals surface area contributed by atoms with Crippen molar-refractivity contribution in [3.63, 3.8) is 0 Å². The summed E-state index contributed by atoms with van der Waals surface area (Å²) in [6.07, 6.45) is 0.798. The number of hydrogen-bond donors (Lipinski definition) is 2. The van der Waals surface area contributed by atoms with E-state index in [0.717, 1.165) is 48.9 Å². The van der Waals surface area contributed by atoms with Gasteiger partial charge in [-0.15, -0.1) is 11.3 Å². The first kappa shape index (κ1) is 25.2. The maximum Gasteiger partial charge on any atom is 0.473 e. The minimum Gasteiger partial charge on any atom is -0.382 e. The highest BCUT2D eigenvalue weighted by Gasteiger charge is 2.52. The Labute approximate surface area is 210 Å². The molecule has 5 fully saturated rings. The molecule has 1 atom stereocenters. The Morgan fingerprint density at radius 3 is 2.36 bits per heavy atom. The Morgan fingerprint density at radius 2 is 1.72 bits per heavy atom. The fourth-order valence-corrected chi connectivity index (χ4v) is 7.58. The first-order valence-electron chi connectivity index (χ1n) is 12.3. The Hall–Kier alpha value is -2.47. The van der Waals surface area contributed by atoms with Crippen molar-refractivity contribution in [2.45, 2.75) is 44.3 Å². The molecule has 5 aliphatic rings. The molecular weight excluding hydrogens is 497 g/mol. The first-order valence-corrected chi connectivity index (χ1v) is 13.1. The van der Waals surface area contributed by atoms with Gasteiger partial charge in [-0.3, -0.25) is 14.4 Å². The maximum atomic E-state index is 13.7. The third kappa shape index (κ3) is 5.02. The third-order valence-corrected chi connectivity index (χ3v) is 9.17. The number of morpholine rings is 1. The zero-order chi connectivity index (χ0) is 25.6. The van der Waals surface area contributed by atoms with Gasteiger partial charge in [0.25, 0.3) is 5.91 Å². The van der Waals surface area contributed by atoms with Crippen LogP contribution in [-0.4, -0.2) is 67.0 Å². The van der Waals surface area contributed by atoms with Crippen molar-refractivity contribution in [1.82, 2.24) is 10.2 Å². The number of nitrogens with two attached hydrogens (primary N) is 1. The van der Waals surface area contributed by atoms with Crippen LogP contribution >= 0.6 is 11.3 Å². The minimum absolute atomic E-state index is 0.0654. The predicted molar refractivity (Wildman–Crippen MR) is 125 cm³/mol. The molecule has 196 valence electrons. The summed E-state index contributed by atoms with van der Waals surface area (Å²) in [6.45, 7) is 1.48. The van der Waals surface area contributed by atoms with E-state index in [4.69, 9.17) is 10.5 Å². The van der Waals surface area contributed by atoms with Crippen molar-refractivity contribution in [2.75, 3.05) is 26.3 Å². The summed E-state index contributed by atoms with van der Waals surface area (Å²) >= 11 is 0.834. The lowest BCUT2D eigenvalue weighted by Gasteiger charge is -2.55. The zero-order valence-corrected chi connectivity index (χ0v) is 20.4. The average Bonchev–Trinajstić information content (AvgIpc) is 3.32. The highest BCUT2D eigenvalue weighted by molar-refractivity contribution is 7.16. The summed E-state index contributed by atoms with van der Waals surface area (Å²) < 4.78 is 42.9. The second-order valence-electron chi connectivity index (χ2n) is 10.4. The molecule has 0 radical (unpaired) electrons. The van der Waals surface area contributed by atoms with Gasteiger partial charge in [0.2, 0.25) is 5.91 Å². The fraction of sp³-hybridized carbons (Fsp3) is 0.667. The van der Waals surface area contributed by atoms with E-state index in [2.05, 4.69) is 10.3 Å². The molecule has 3 N–H and O–H groups in total. The Bertz CT molecular complexity index is 1040. The van der Waals surface area contributed by atoms with Gasteiger partial charge in [-0.25, -0.2) is 0 Å². The number of rotatable bonds is 5. The Morgan fingerprint density at radius 1 is 1.08 bits per heavy atom. The summed E-state index contributed by atoms with van der Waals surface area (Å²) in [4.78, 5) is 42.5. The van der Waals surface area contributed by atoms with Gasteiger partial charge in [0.1, 0.15) is 5.84 Å². The molecule has 4 saturated carbocycles. The van der Waals surface area contributed by atoms with Gasteiger partial charge >= 0.3 is 12.1 Å². The second kappa shape index (κ2) is 9.77. The summed E-state index contributed by atoms with van der Waals surface area (Å²) in [7, 11) is 0. The molecule has 4 aliphatic carbocycles. The number of carbonyl (C=O) groups is 3. The number of hydrogen-bond acceptors (Lipinski definition) is 5. The van der Waals surface area contributed by atoms with E-state index < -0.39 is 23.8 Å². The van der Waals surface area contributed by atoms with Crippen molar-refractivity contribution in [1.29, 1.82) is 0 Å². The molecule has 0 spiro atoms. The van der Waals surface area contributed by atoms with Crippen LogP contribution in [0.25, 0.3) is 0 Å². The smallest absolute Gasteiger partial charge is 0.382 e. The molecule has 3 amide bonds. The van der Waals surface area contributed by atoms with Crippen molar-refractivity contribution in [2.24, 2.45) is 40.3 Å². The van der Waals surface area contributed by atoms with Gasteiger partial charge in [0.05, 0.1) is 29.0 Å². The highest BCUT2D eigenvalue weighted by atomic mass is 32.1. The van der Waals surface area contributed by atoms with Gasteiger partial charge in [-0.2, -0.15) is 18.2 Å². The lowest BCUT2D eigenvalue weighted by molar-refractivity contribution is -0.169. The van der Waals surface area contributed by atoms with Crippen molar-refractivity contribution >= 4 is 34.9 Å². The summed E-state index contributed by atoms with van der Waals surface area (Å²) in [5.74, 6) is -0.626. The molecular formula is C24H29F3N4O4S. The maximum absolute atomic E-state index is 13.7. The first-order chi connectivity index (χ1) is 17.1. The van der Waals surface area contributed by atoms with Crippen molar-refractivity contribution < 1.29 is 32.3 Å². The topological polar surface area (TPSA) is 114 Å². The number of amidine groups is 1. The number of thiophene rings is 1. The summed E-state index contributed by atoms with van der Waals surface area (Å²) in [6, 6.07) is 2.46. The Balaban J connectivity index is 1.20. The van der Waals surface area contributed by atoms with E-state index in [0.29, 0.717) is 31.6 Å². The van der Waals surface area contributed by atoms with E-state index in [9.17, 15) is 27.6 Å². The molecule has 12 heteroatoms. The molecule has 1 aliphatic heterocycles. The monoisotopic (exact) mass is 526 g/mol. The standard InChI is InChI=1S/C24H29F3N4O4S/c25-24(26,27)23(34)30-20(28)17-1-2-18(36-17)21(32)29-10-16-11-35-4-3-31(16)22(33)19-14-6-12-5-13(8-14)9-15(19)7-12/h1-2,12-16,19H,3-11H2,(H,29,32)(H2,28,30,34). The molecule has 6 rings (SSSR count). The van der Waals surface area contributed by atoms with E-state index >= 15 is 0 Å². The van der Waals surface area contributed by atoms with Crippen LogP contribution in [-0.2, 0) is 14.3 Å². The molecule has 1 aromatic heterocycles. The van der Waals surface area contributed by atoms with Crippen LogP contribution in [0, 0.1) is 29.6 Å². The van der Waals surface area contributed by atoms with Crippen LogP contribution < -0.4 is 11.1 Å². The van der Waals surface area contributed by atoms with Crippen LogP contribution in [0.4, 0.5) is 13.2 Å². The van der Waals surface area contributed by atoms with Gasteiger partial charge in [0.15, 0.2) is 0 Å². The number of halogens is 3. The number of aliphatic imine (C=N–C) groups is 1. The van der Waals surface area contributed by atoms with Crippen LogP contribution in [0.1, 0.15) is 46.7 Å². The van der Waals surface area contributed by atoms with Crippen LogP contribution in [0.5, 0.6) is 0 Å². The number of carbonyl (C=O) groups excluding carboxylic acids is 3. The van der Waals surface area contributed by atoms with Gasteiger partial charge in [-0.1, -0.05) is 0 Å². The van der Waals surface area contributed by atoms with Gasteiger partial charge in [0, 0.05) is 19.0 Å². The summed E-state index contributed by atoms with van der Waals surface area (Å²) in [5.41, 5.74) is 5.52. The van der Waals surface area contributed by atoms with E-state index in [1.807, 2.05) is 4.90 Å². The number of nitrogens with one attached hydrogen (secondary N) is 1. The quantitative estimate of drug-likeness (QED) is 0.452. The molecule has 1 unspecified atom stereocenters. The van der Waals surface area contributed by atoms with Crippen LogP contribution in [0.3, 0.4) is 0 Å².